The largest absolute Gasteiger partial charge is 0.481 e. The van der Waals surface area contributed by atoms with Crippen molar-refractivity contribution in [2.24, 2.45) is 0 Å². The molecule has 0 aliphatic carbocycles. The van der Waals surface area contributed by atoms with Crippen LogP contribution in [0.2, 0.25) is 0 Å². The van der Waals surface area contributed by atoms with Gasteiger partial charge < -0.3 is 15.3 Å². The second kappa shape index (κ2) is 7.28. The first-order valence-corrected chi connectivity index (χ1v) is 6.23. The van der Waals surface area contributed by atoms with E-state index in [4.69, 9.17) is 5.11 Å². The summed E-state index contributed by atoms with van der Waals surface area (Å²) in [6.07, 6.45) is 0.437. The maximum Gasteiger partial charge on any atom is 0.303 e. The van der Waals surface area contributed by atoms with E-state index in [9.17, 15) is 14.4 Å². The fourth-order valence-electron chi connectivity index (χ4n) is 1.58. The highest BCUT2D eigenvalue weighted by atomic mass is 16.4. The van der Waals surface area contributed by atoms with E-state index in [1.54, 1.807) is 38.4 Å². The zero-order valence-corrected chi connectivity index (χ0v) is 11.5. The lowest BCUT2D eigenvalue weighted by Gasteiger charge is -2.11. The Labute approximate surface area is 117 Å². The minimum absolute atomic E-state index is 0.0241. The van der Waals surface area contributed by atoms with Gasteiger partial charge in [-0.25, -0.2) is 0 Å². The summed E-state index contributed by atoms with van der Waals surface area (Å²) in [5, 5.41) is 11.1. The molecule has 6 heteroatoms. The van der Waals surface area contributed by atoms with Crippen molar-refractivity contribution in [2.45, 2.75) is 19.3 Å². The van der Waals surface area contributed by atoms with Crippen LogP contribution in [0, 0.1) is 0 Å². The molecule has 108 valence electrons. The summed E-state index contributed by atoms with van der Waals surface area (Å²) < 4.78 is 0. The van der Waals surface area contributed by atoms with Crippen molar-refractivity contribution in [3.05, 3.63) is 29.8 Å². The maximum atomic E-state index is 11.7. The second-order valence-corrected chi connectivity index (χ2v) is 4.57. The summed E-state index contributed by atoms with van der Waals surface area (Å²) in [4.78, 5) is 35.0. The molecule has 0 bridgehead atoms. The monoisotopic (exact) mass is 278 g/mol. The van der Waals surface area contributed by atoms with E-state index in [1.807, 2.05) is 0 Å². The highest BCUT2D eigenvalue weighted by Gasteiger charge is 2.08. The summed E-state index contributed by atoms with van der Waals surface area (Å²) in [5.41, 5.74) is 1.12. The van der Waals surface area contributed by atoms with Gasteiger partial charge in [0.1, 0.15) is 0 Å². The van der Waals surface area contributed by atoms with Crippen LogP contribution < -0.4 is 5.32 Å². The fraction of sp³-hybridized carbons (Fsp3) is 0.357. The van der Waals surface area contributed by atoms with E-state index in [1.165, 1.54) is 4.90 Å². The Bertz CT molecular complexity index is 494. The average molecular weight is 278 g/mol. The first-order valence-electron chi connectivity index (χ1n) is 6.23. The first-order chi connectivity index (χ1) is 9.40. The van der Waals surface area contributed by atoms with Gasteiger partial charge in [0.05, 0.1) is 0 Å². The van der Waals surface area contributed by atoms with Gasteiger partial charge in [0, 0.05) is 38.2 Å². The number of anilines is 1. The topological polar surface area (TPSA) is 86.7 Å². The van der Waals surface area contributed by atoms with Crippen molar-refractivity contribution in [2.75, 3.05) is 19.4 Å². The number of carboxylic acids is 1. The summed E-state index contributed by atoms with van der Waals surface area (Å²) in [7, 11) is 3.33. The Balaban J connectivity index is 2.51. The van der Waals surface area contributed by atoms with E-state index in [-0.39, 0.29) is 24.7 Å². The van der Waals surface area contributed by atoms with Gasteiger partial charge in [-0.05, 0) is 30.7 Å². The molecular formula is C14H18N2O4. The number of rotatable bonds is 6. The third-order valence-corrected chi connectivity index (χ3v) is 2.62. The number of benzene rings is 1. The van der Waals surface area contributed by atoms with Crippen LogP contribution in [-0.4, -0.2) is 41.9 Å². The molecule has 0 radical (unpaired) electrons. The van der Waals surface area contributed by atoms with Crippen LogP contribution in [0.15, 0.2) is 24.3 Å². The Morgan fingerprint density at radius 1 is 1.10 bits per heavy atom. The molecule has 0 aliphatic heterocycles. The van der Waals surface area contributed by atoms with Crippen molar-refractivity contribution in [1.29, 1.82) is 0 Å². The number of nitrogens with one attached hydrogen (secondary N) is 1. The molecule has 20 heavy (non-hydrogen) atoms. The quantitative estimate of drug-likeness (QED) is 0.827. The molecule has 0 spiro atoms. The molecule has 1 aromatic rings. The molecule has 0 saturated heterocycles. The molecule has 0 atom stereocenters. The van der Waals surface area contributed by atoms with E-state index in [0.717, 1.165) is 0 Å². The van der Waals surface area contributed by atoms with E-state index in [2.05, 4.69) is 5.32 Å². The molecule has 0 heterocycles. The number of carbonyl (C=O) groups excluding carboxylic acids is 2. The number of aliphatic carboxylic acids is 1. The van der Waals surface area contributed by atoms with Gasteiger partial charge in [-0.15, -0.1) is 0 Å². The van der Waals surface area contributed by atoms with Crippen LogP contribution in [0.1, 0.15) is 29.6 Å². The molecule has 2 N–H and O–H groups in total. The molecule has 0 aliphatic rings. The number of carbonyl (C=O) groups is 3. The lowest BCUT2D eigenvalue weighted by molar-refractivity contribution is -0.137. The molecule has 0 aromatic heterocycles. The van der Waals surface area contributed by atoms with Gasteiger partial charge in [0.2, 0.25) is 5.91 Å². The zero-order chi connectivity index (χ0) is 15.1. The lowest BCUT2D eigenvalue weighted by Crippen LogP contribution is -2.21. The van der Waals surface area contributed by atoms with Crippen molar-refractivity contribution in [1.82, 2.24) is 4.90 Å². The van der Waals surface area contributed by atoms with Crippen molar-refractivity contribution in [3.8, 4) is 0 Å². The van der Waals surface area contributed by atoms with E-state index >= 15 is 0 Å². The molecule has 0 fully saturated rings. The molecule has 0 unspecified atom stereocenters. The highest BCUT2D eigenvalue weighted by Crippen LogP contribution is 2.11. The Hall–Kier alpha value is -2.37. The number of nitrogens with zero attached hydrogens (tertiary/aromatic N) is 1. The first kappa shape index (κ1) is 15.7. The van der Waals surface area contributed by atoms with Gasteiger partial charge in [0.25, 0.3) is 5.91 Å². The SMILES string of the molecule is CN(C)C(=O)c1ccc(NC(=O)CCCC(=O)O)cc1. The average Bonchev–Trinajstić information content (AvgIpc) is 2.38. The number of hydrogen-bond donors (Lipinski definition) is 2. The molecule has 0 saturated carbocycles. The zero-order valence-electron chi connectivity index (χ0n) is 11.5. The summed E-state index contributed by atoms with van der Waals surface area (Å²) in [5.74, 6) is -1.26. The maximum absolute atomic E-state index is 11.7. The van der Waals surface area contributed by atoms with Crippen molar-refractivity contribution in [3.63, 3.8) is 0 Å². The normalized spacial score (nSPS) is 9.90. The fourth-order valence-corrected chi connectivity index (χ4v) is 1.58. The Kier molecular flexibility index (Phi) is 5.71. The predicted molar refractivity (Wildman–Crippen MR) is 74.6 cm³/mol. The highest BCUT2D eigenvalue weighted by molar-refractivity contribution is 5.95. The molecule has 1 aromatic carbocycles. The molecule has 1 rings (SSSR count). The van der Waals surface area contributed by atoms with Crippen molar-refractivity contribution < 1.29 is 19.5 Å². The van der Waals surface area contributed by atoms with Crippen molar-refractivity contribution >= 4 is 23.5 Å². The smallest absolute Gasteiger partial charge is 0.303 e. The predicted octanol–water partition coefficient (Wildman–Crippen LogP) is 1.58. The van der Waals surface area contributed by atoms with Crippen LogP contribution >= 0.6 is 0 Å². The van der Waals surface area contributed by atoms with Gasteiger partial charge in [0.15, 0.2) is 0 Å². The van der Waals surface area contributed by atoms with Gasteiger partial charge in [-0.3, -0.25) is 14.4 Å². The minimum Gasteiger partial charge on any atom is -0.481 e. The van der Waals surface area contributed by atoms with Crippen LogP contribution in [0.4, 0.5) is 5.69 Å². The molecule has 6 nitrogen and oxygen atoms in total. The number of hydrogen-bond acceptors (Lipinski definition) is 3. The second-order valence-electron chi connectivity index (χ2n) is 4.57. The van der Waals surface area contributed by atoms with E-state index < -0.39 is 5.97 Å². The number of carboxylic acid groups (broad SMARTS) is 1. The van der Waals surface area contributed by atoms with Crippen LogP contribution in [0.5, 0.6) is 0 Å². The summed E-state index contributed by atoms with van der Waals surface area (Å²) in [6, 6.07) is 6.56. The third-order valence-electron chi connectivity index (χ3n) is 2.62. The van der Waals surface area contributed by atoms with Gasteiger partial charge in [-0.2, -0.15) is 0 Å². The number of amides is 2. The van der Waals surface area contributed by atoms with Gasteiger partial charge in [-0.1, -0.05) is 0 Å². The summed E-state index contributed by atoms with van der Waals surface area (Å²) >= 11 is 0. The van der Waals surface area contributed by atoms with Crippen LogP contribution in [0.3, 0.4) is 0 Å². The molecular weight excluding hydrogens is 260 g/mol. The van der Waals surface area contributed by atoms with Crippen LogP contribution in [-0.2, 0) is 9.59 Å². The summed E-state index contributed by atoms with van der Waals surface area (Å²) in [6.45, 7) is 0. The lowest BCUT2D eigenvalue weighted by atomic mass is 10.1. The third kappa shape index (κ3) is 5.09. The van der Waals surface area contributed by atoms with Crippen LogP contribution in [0.25, 0.3) is 0 Å². The Morgan fingerprint density at radius 3 is 2.20 bits per heavy atom. The molecule has 2 amide bonds. The standard InChI is InChI=1S/C14H18N2O4/c1-16(2)14(20)10-6-8-11(9-7-10)15-12(17)4-3-5-13(18)19/h6-9H,3-5H2,1-2H3,(H,15,17)(H,18,19). The Morgan fingerprint density at radius 2 is 1.70 bits per heavy atom. The minimum atomic E-state index is -0.913. The van der Waals surface area contributed by atoms with E-state index in [0.29, 0.717) is 17.7 Å². The van der Waals surface area contributed by atoms with Gasteiger partial charge >= 0.3 is 5.97 Å².